The van der Waals surface area contributed by atoms with Crippen LogP contribution < -0.4 is 10.6 Å². The summed E-state index contributed by atoms with van der Waals surface area (Å²) < 4.78 is 5.96. The SMILES string of the molecule is CO[C@]12C(=O)C=C[C@]13C=C(C(=O)NCCc1ccc(O)cc1)[C@H](C(=O)NCCc1ccc(O)cc1)[C@@H]3c1cc(O)c(O)cc12. The molecule has 6 N–H and O–H groups in total. The van der Waals surface area contributed by atoms with Crippen molar-refractivity contribution in [2.75, 3.05) is 20.2 Å². The van der Waals surface area contributed by atoms with E-state index in [9.17, 15) is 34.8 Å². The molecule has 0 aliphatic heterocycles. The van der Waals surface area contributed by atoms with E-state index in [1.807, 2.05) is 0 Å². The molecule has 0 bridgehead atoms. The van der Waals surface area contributed by atoms with Crippen molar-refractivity contribution >= 4 is 17.6 Å². The highest BCUT2D eigenvalue weighted by molar-refractivity contribution is 6.08. The number of phenols is 4. The maximum Gasteiger partial charge on any atom is 0.247 e. The zero-order valence-electron chi connectivity index (χ0n) is 23.9. The molecule has 44 heavy (non-hydrogen) atoms. The number of carbonyl (C=O) groups is 3. The summed E-state index contributed by atoms with van der Waals surface area (Å²) in [6, 6.07) is 15.9. The van der Waals surface area contributed by atoms with Crippen LogP contribution in [0.15, 0.2) is 84.5 Å². The van der Waals surface area contributed by atoms with E-state index in [1.54, 1.807) is 60.7 Å². The number of carbonyl (C=O) groups excluding carboxylic acids is 3. The van der Waals surface area contributed by atoms with Crippen LogP contribution in [0.3, 0.4) is 0 Å². The maximum absolute atomic E-state index is 14.0. The number of benzene rings is 3. The number of hydrogen-bond donors (Lipinski definition) is 6. The van der Waals surface area contributed by atoms with Gasteiger partial charge in [0, 0.05) is 37.3 Å². The molecule has 6 rings (SSSR count). The first-order chi connectivity index (χ1) is 21.1. The van der Waals surface area contributed by atoms with Gasteiger partial charge in [-0.3, -0.25) is 14.4 Å². The normalized spacial score (nSPS) is 24.4. The Morgan fingerprint density at radius 2 is 1.41 bits per heavy atom. The second-order valence-corrected chi connectivity index (χ2v) is 11.4. The highest BCUT2D eigenvalue weighted by Crippen LogP contribution is 2.70. The summed E-state index contributed by atoms with van der Waals surface area (Å²) in [4.78, 5) is 41.4. The molecule has 10 heteroatoms. The fraction of sp³-hybridized carbons (Fsp3) is 0.265. The van der Waals surface area contributed by atoms with Crippen molar-refractivity contribution in [2.24, 2.45) is 11.3 Å². The first-order valence-electron chi connectivity index (χ1n) is 14.3. The Morgan fingerprint density at radius 1 is 0.841 bits per heavy atom. The van der Waals surface area contributed by atoms with Crippen LogP contribution in [0.5, 0.6) is 23.0 Å². The van der Waals surface area contributed by atoms with Crippen molar-refractivity contribution in [1.82, 2.24) is 10.6 Å². The molecule has 226 valence electrons. The van der Waals surface area contributed by atoms with E-state index in [4.69, 9.17) is 4.74 Å². The fourth-order valence-corrected chi connectivity index (χ4v) is 7.06. The van der Waals surface area contributed by atoms with Gasteiger partial charge < -0.3 is 35.8 Å². The number of aromatic hydroxyl groups is 4. The second kappa shape index (κ2) is 10.9. The monoisotopic (exact) mass is 596 g/mol. The summed E-state index contributed by atoms with van der Waals surface area (Å²) >= 11 is 0. The van der Waals surface area contributed by atoms with Gasteiger partial charge in [0.05, 0.1) is 11.3 Å². The quantitative estimate of drug-likeness (QED) is 0.205. The van der Waals surface area contributed by atoms with E-state index < -0.39 is 51.9 Å². The van der Waals surface area contributed by atoms with E-state index in [0.29, 0.717) is 24.0 Å². The van der Waals surface area contributed by atoms with E-state index >= 15 is 0 Å². The van der Waals surface area contributed by atoms with Gasteiger partial charge in [0.1, 0.15) is 11.5 Å². The molecular weight excluding hydrogens is 564 g/mol. The second-order valence-electron chi connectivity index (χ2n) is 11.4. The Kier molecular flexibility index (Phi) is 7.17. The molecule has 3 aliphatic carbocycles. The molecule has 0 radical (unpaired) electrons. The van der Waals surface area contributed by atoms with Crippen LogP contribution in [0, 0.1) is 11.3 Å². The van der Waals surface area contributed by atoms with Gasteiger partial charge in [-0.2, -0.15) is 0 Å². The van der Waals surface area contributed by atoms with Crippen molar-refractivity contribution in [3.05, 3.63) is 107 Å². The maximum atomic E-state index is 14.0. The average Bonchev–Trinajstić information content (AvgIpc) is 3.57. The number of ketones is 1. The zero-order chi connectivity index (χ0) is 31.2. The highest BCUT2D eigenvalue weighted by atomic mass is 16.5. The Balaban J connectivity index is 1.35. The van der Waals surface area contributed by atoms with Gasteiger partial charge in [-0.1, -0.05) is 36.4 Å². The van der Waals surface area contributed by atoms with Crippen LogP contribution in [0.1, 0.15) is 28.2 Å². The molecule has 0 saturated heterocycles. The number of methoxy groups -OCH3 is 1. The Hall–Kier alpha value is -5.09. The lowest BCUT2D eigenvalue weighted by Gasteiger charge is -2.37. The lowest BCUT2D eigenvalue weighted by molar-refractivity contribution is -0.145. The van der Waals surface area contributed by atoms with Crippen LogP contribution >= 0.6 is 0 Å². The smallest absolute Gasteiger partial charge is 0.247 e. The Bertz CT molecular complexity index is 1710. The molecule has 4 atom stereocenters. The van der Waals surface area contributed by atoms with Gasteiger partial charge in [0.25, 0.3) is 0 Å². The zero-order valence-corrected chi connectivity index (χ0v) is 23.9. The van der Waals surface area contributed by atoms with Crippen molar-refractivity contribution in [1.29, 1.82) is 0 Å². The number of ether oxygens (including phenoxy) is 1. The molecule has 0 fully saturated rings. The van der Waals surface area contributed by atoms with Crippen molar-refractivity contribution in [3.63, 3.8) is 0 Å². The molecule has 3 aliphatic rings. The molecular formula is C34H32N2O8. The molecule has 10 nitrogen and oxygen atoms in total. The van der Waals surface area contributed by atoms with E-state index in [0.717, 1.165) is 11.1 Å². The van der Waals surface area contributed by atoms with E-state index in [-0.39, 0.29) is 30.2 Å². The van der Waals surface area contributed by atoms with Crippen LogP contribution in [-0.4, -0.2) is 58.2 Å². The van der Waals surface area contributed by atoms with Crippen molar-refractivity contribution in [3.8, 4) is 23.0 Å². The number of rotatable bonds is 9. The van der Waals surface area contributed by atoms with Crippen molar-refractivity contribution < 1.29 is 39.5 Å². The molecule has 0 aromatic heterocycles. The standard InChI is InChI=1S/C34H32N2O8/c1-44-34-25-17-27(40)26(39)16-23(25)30-29(32(43)36-15-12-20-4-8-22(38)9-5-20)24(18-33(30,34)13-10-28(34)41)31(42)35-14-11-19-2-6-21(37)7-3-19/h2-10,13,16-18,29-30,37-40H,11-12,14-15H2,1H3,(H,35,42)(H,36,43)/t29-,30-,33+,34+/m0/s1. The van der Waals surface area contributed by atoms with Gasteiger partial charge in [-0.25, -0.2) is 0 Å². The van der Waals surface area contributed by atoms with Crippen LogP contribution in [-0.2, 0) is 37.6 Å². The fourth-order valence-electron chi connectivity index (χ4n) is 7.06. The third-order valence-electron chi connectivity index (χ3n) is 9.04. The highest BCUT2D eigenvalue weighted by Gasteiger charge is 2.72. The average molecular weight is 597 g/mol. The Labute approximate surface area is 253 Å². The lowest BCUT2D eigenvalue weighted by atomic mass is 9.69. The van der Waals surface area contributed by atoms with Crippen LogP contribution in [0.25, 0.3) is 0 Å². The molecule has 3 aromatic rings. The van der Waals surface area contributed by atoms with Gasteiger partial charge in [-0.15, -0.1) is 0 Å². The molecule has 1 spiro atoms. The predicted octanol–water partition coefficient (Wildman–Crippen LogP) is 2.85. The van der Waals surface area contributed by atoms with Crippen LogP contribution in [0.2, 0.25) is 0 Å². The largest absolute Gasteiger partial charge is 0.508 e. The third kappa shape index (κ3) is 4.41. The van der Waals surface area contributed by atoms with Gasteiger partial charge in [-0.05, 0) is 72.0 Å². The van der Waals surface area contributed by atoms with E-state index in [2.05, 4.69) is 10.6 Å². The number of phenolic OH excluding ortho intramolecular Hbond substituents is 4. The summed E-state index contributed by atoms with van der Waals surface area (Å²) in [7, 11) is 1.37. The minimum atomic E-state index is -1.64. The minimum Gasteiger partial charge on any atom is -0.508 e. The van der Waals surface area contributed by atoms with Gasteiger partial charge >= 0.3 is 0 Å². The molecule has 0 heterocycles. The van der Waals surface area contributed by atoms with E-state index in [1.165, 1.54) is 25.3 Å². The van der Waals surface area contributed by atoms with Crippen LogP contribution in [0.4, 0.5) is 0 Å². The third-order valence-corrected chi connectivity index (χ3v) is 9.04. The first kappa shape index (κ1) is 29.0. The summed E-state index contributed by atoms with van der Waals surface area (Å²) in [5.41, 5.74) is -0.179. The summed E-state index contributed by atoms with van der Waals surface area (Å²) in [6.45, 7) is 0.497. The predicted molar refractivity (Wildman–Crippen MR) is 159 cm³/mol. The number of amides is 2. The summed E-state index contributed by atoms with van der Waals surface area (Å²) in [5.74, 6) is -3.74. The lowest BCUT2D eigenvalue weighted by Crippen LogP contribution is -2.46. The molecule has 0 unspecified atom stereocenters. The first-order valence-corrected chi connectivity index (χ1v) is 14.3. The Morgan fingerprint density at radius 3 is 2.00 bits per heavy atom. The number of fused-ring (bicyclic) bond motifs is 3. The summed E-state index contributed by atoms with van der Waals surface area (Å²) in [5, 5.41) is 45.9. The molecule has 2 amide bonds. The van der Waals surface area contributed by atoms with Gasteiger partial charge in [0.2, 0.25) is 11.8 Å². The molecule has 3 aromatic carbocycles. The van der Waals surface area contributed by atoms with Crippen molar-refractivity contribution in [2.45, 2.75) is 24.4 Å². The number of nitrogens with one attached hydrogen (secondary N) is 2. The summed E-state index contributed by atoms with van der Waals surface area (Å²) in [6.07, 6.45) is 5.62. The molecule has 0 saturated carbocycles. The topological polar surface area (TPSA) is 165 Å². The van der Waals surface area contributed by atoms with Gasteiger partial charge in [0.15, 0.2) is 22.9 Å². The minimum absolute atomic E-state index is 0.134. The number of hydrogen-bond acceptors (Lipinski definition) is 8.